The van der Waals surface area contributed by atoms with Crippen molar-refractivity contribution in [2.24, 2.45) is 11.8 Å². The number of carbonyl (C=O) groups excluding carboxylic acids is 1. The second-order valence-corrected chi connectivity index (χ2v) is 7.69. The topological polar surface area (TPSA) is 71.4 Å². The first-order valence-electron chi connectivity index (χ1n) is 10.2. The van der Waals surface area contributed by atoms with Gasteiger partial charge in [-0.1, -0.05) is 25.5 Å². The van der Waals surface area contributed by atoms with E-state index in [1.807, 2.05) is 29.2 Å². The number of nitrogens with zero attached hydrogens (tertiary/aromatic N) is 3. The number of methoxy groups -OCH3 is 1. The van der Waals surface area contributed by atoms with Crippen LogP contribution in [0, 0.1) is 11.8 Å². The van der Waals surface area contributed by atoms with E-state index in [9.17, 15) is 4.79 Å². The highest BCUT2D eigenvalue weighted by atomic mass is 16.5. The number of benzene rings is 1. The van der Waals surface area contributed by atoms with Crippen LogP contribution in [0.4, 0.5) is 0 Å². The lowest BCUT2D eigenvalue weighted by molar-refractivity contribution is 0.0663. The summed E-state index contributed by atoms with van der Waals surface area (Å²) < 4.78 is 7.10. The number of piperidine rings is 1. The van der Waals surface area contributed by atoms with Crippen LogP contribution >= 0.6 is 0 Å². The molecule has 0 spiro atoms. The molecule has 0 radical (unpaired) electrons. The van der Waals surface area contributed by atoms with Crippen molar-refractivity contribution in [3.05, 3.63) is 42.2 Å². The summed E-state index contributed by atoms with van der Waals surface area (Å²) in [6.07, 6.45) is 6.72. The van der Waals surface area contributed by atoms with Crippen molar-refractivity contribution in [2.75, 3.05) is 26.7 Å². The Bertz CT molecular complexity index is 813. The van der Waals surface area contributed by atoms with Crippen molar-refractivity contribution >= 4 is 5.91 Å². The molecule has 2 aliphatic rings. The molecular formula is C21H29N5O2. The van der Waals surface area contributed by atoms with Gasteiger partial charge in [0.1, 0.15) is 11.4 Å². The smallest absolute Gasteiger partial charge is 0.257 e. The number of likely N-dealkylation sites (tertiary alicyclic amines) is 1. The van der Waals surface area contributed by atoms with Crippen molar-refractivity contribution in [3.8, 4) is 11.4 Å². The van der Waals surface area contributed by atoms with Gasteiger partial charge in [-0.15, -0.1) is 0 Å². The van der Waals surface area contributed by atoms with E-state index in [-0.39, 0.29) is 5.91 Å². The van der Waals surface area contributed by atoms with E-state index in [0.717, 1.165) is 43.9 Å². The van der Waals surface area contributed by atoms with Crippen molar-refractivity contribution in [1.82, 2.24) is 25.5 Å². The highest BCUT2D eigenvalue weighted by Gasteiger charge is 2.35. The molecule has 28 heavy (non-hydrogen) atoms. The lowest BCUT2D eigenvalue weighted by Crippen LogP contribution is -2.46. The number of ether oxygens (including phenoxy) is 1. The van der Waals surface area contributed by atoms with Crippen molar-refractivity contribution in [1.29, 1.82) is 0 Å². The molecule has 2 saturated heterocycles. The third-order valence-corrected chi connectivity index (χ3v) is 6.16. The summed E-state index contributed by atoms with van der Waals surface area (Å²) >= 11 is 0. The Hall–Kier alpha value is -2.38. The Balaban J connectivity index is 1.40. The molecule has 4 rings (SSSR count). The minimum Gasteiger partial charge on any atom is -0.494 e. The molecule has 1 amide bonds. The molecule has 150 valence electrons. The predicted molar refractivity (Wildman–Crippen MR) is 107 cm³/mol. The summed E-state index contributed by atoms with van der Waals surface area (Å²) in [5.74, 6) is 2.10. The third kappa shape index (κ3) is 3.64. The molecule has 0 bridgehead atoms. The van der Waals surface area contributed by atoms with Gasteiger partial charge >= 0.3 is 0 Å². The number of hydrogen-bond acceptors (Lipinski definition) is 5. The molecule has 3 heterocycles. The minimum atomic E-state index is 0.0594. The normalized spacial score (nSPS) is 23.1. The van der Waals surface area contributed by atoms with Gasteiger partial charge in [0, 0.05) is 31.9 Å². The van der Waals surface area contributed by atoms with Gasteiger partial charge < -0.3 is 9.64 Å². The van der Waals surface area contributed by atoms with E-state index in [0.29, 0.717) is 23.4 Å². The Kier molecular flexibility index (Phi) is 5.64. The van der Waals surface area contributed by atoms with Crippen molar-refractivity contribution in [2.45, 2.75) is 32.2 Å². The predicted octanol–water partition coefficient (Wildman–Crippen LogP) is 2.24. The summed E-state index contributed by atoms with van der Waals surface area (Å²) in [6.45, 7) is 4.91. The molecule has 2 unspecified atom stereocenters. The second kappa shape index (κ2) is 8.32. The molecule has 2 atom stereocenters. The Labute approximate surface area is 166 Å². The molecule has 7 nitrogen and oxygen atoms in total. The maximum Gasteiger partial charge on any atom is 0.257 e. The fourth-order valence-electron chi connectivity index (χ4n) is 4.48. The van der Waals surface area contributed by atoms with E-state index in [1.165, 1.54) is 6.42 Å². The van der Waals surface area contributed by atoms with Gasteiger partial charge in [0.25, 0.3) is 5.91 Å². The van der Waals surface area contributed by atoms with Gasteiger partial charge in [0.15, 0.2) is 0 Å². The van der Waals surface area contributed by atoms with E-state index in [1.54, 1.807) is 24.2 Å². The molecule has 2 aliphatic heterocycles. The number of aromatic nitrogens is 2. The molecule has 2 aromatic rings. The van der Waals surface area contributed by atoms with Crippen LogP contribution in [0.1, 0.15) is 36.5 Å². The first-order chi connectivity index (χ1) is 13.7. The van der Waals surface area contributed by atoms with E-state index >= 15 is 0 Å². The lowest BCUT2D eigenvalue weighted by Gasteiger charge is -2.36. The van der Waals surface area contributed by atoms with Crippen LogP contribution in [0.5, 0.6) is 5.75 Å². The number of carbonyl (C=O) groups is 1. The zero-order chi connectivity index (χ0) is 19.5. The molecule has 7 heteroatoms. The highest BCUT2D eigenvalue weighted by molar-refractivity contribution is 5.93. The van der Waals surface area contributed by atoms with E-state index in [2.05, 4.69) is 22.9 Å². The second-order valence-electron chi connectivity index (χ2n) is 7.69. The first kappa shape index (κ1) is 19.0. The Morgan fingerprint density at radius 3 is 2.82 bits per heavy atom. The average Bonchev–Trinajstić information content (AvgIpc) is 3.43. The summed E-state index contributed by atoms with van der Waals surface area (Å²) in [5.41, 5.74) is 8.21. The van der Waals surface area contributed by atoms with Crippen LogP contribution in [0.25, 0.3) is 5.69 Å². The van der Waals surface area contributed by atoms with Crippen molar-refractivity contribution < 1.29 is 9.53 Å². The molecule has 0 saturated carbocycles. The number of para-hydroxylation sites is 2. The number of hydrogen-bond donors (Lipinski definition) is 2. The van der Waals surface area contributed by atoms with Gasteiger partial charge in [-0.25, -0.2) is 4.68 Å². The maximum atomic E-state index is 13.0. The third-order valence-electron chi connectivity index (χ3n) is 6.16. The number of rotatable bonds is 5. The molecular weight excluding hydrogens is 354 g/mol. The SMILES string of the molecule is CCC1CNNC1C1CCN(C(=O)c2cnn(-c3ccccc3OC)c2)CC1. The Morgan fingerprint density at radius 2 is 2.07 bits per heavy atom. The number of hydrazine groups is 1. The van der Waals surface area contributed by atoms with Gasteiger partial charge in [0.2, 0.25) is 0 Å². The van der Waals surface area contributed by atoms with Gasteiger partial charge in [-0.05, 0) is 36.8 Å². The summed E-state index contributed by atoms with van der Waals surface area (Å²) in [4.78, 5) is 14.9. The van der Waals surface area contributed by atoms with E-state index in [4.69, 9.17) is 4.74 Å². The van der Waals surface area contributed by atoms with E-state index < -0.39 is 0 Å². The van der Waals surface area contributed by atoms with Crippen LogP contribution in [0.15, 0.2) is 36.7 Å². The minimum absolute atomic E-state index is 0.0594. The van der Waals surface area contributed by atoms with Crippen molar-refractivity contribution in [3.63, 3.8) is 0 Å². The monoisotopic (exact) mass is 383 g/mol. The average molecular weight is 383 g/mol. The Morgan fingerprint density at radius 1 is 1.29 bits per heavy atom. The van der Waals surface area contributed by atoms with Crippen LogP contribution < -0.4 is 15.6 Å². The van der Waals surface area contributed by atoms with Crippen LogP contribution in [0.2, 0.25) is 0 Å². The summed E-state index contributed by atoms with van der Waals surface area (Å²) in [7, 11) is 1.64. The molecule has 1 aromatic heterocycles. The summed E-state index contributed by atoms with van der Waals surface area (Å²) in [6, 6.07) is 8.19. The zero-order valence-electron chi connectivity index (χ0n) is 16.6. The standard InChI is InChI=1S/C21H29N5O2/c1-3-15-12-22-24-20(15)16-8-10-25(11-9-16)21(27)17-13-23-26(14-17)18-6-4-5-7-19(18)28-2/h4-7,13-16,20,22,24H,3,8-12H2,1-2H3. The first-order valence-corrected chi connectivity index (χ1v) is 10.2. The molecule has 2 N–H and O–H groups in total. The zero-order valence-corrected chi connectivity index (χ0v) is 16.6. The molecule has 2 fully saturated rings. The maximum absolute atomic E-state index is 13.0. The van der Waals surface area contributed by atoms with Crippen LogP contribution in [0.3, 0.4) is 0 Å². The van der Waals surface area contributed by atoms with Gasteiger partial charge in [-0.2, -0.15) is 5.10 Å². The fraction of sp³-hybridized carbons (Fsp3) is 0.524. The summed E-state index contributed by atoms with van der Waals surface area (Å²) in [5, 5.41) is 4.38. The van der Waals surface area contributed by atoms with Gasteiger partial charge in [0.05, 0.1) is 18.9 Å². The van der Waals surface area contributed by atoms with Crippen LogP contribution in [-0.2, 0) is 0 Å². The lowest BCUT2D eigenvalue weighted by atomic mass is 9.82. The quantitative estimate of drug-likeness (QED) is 0.829. The number of nitrogens with one attached hydrogen (secondary N) is 2. The molecule has 1 aromatic carbocycles. The van der Waals surface area contributed by atoms with Crippen LogP contribution in [-0.4, -0.2) is 53.4 Å². The number of amides is 1. The van der Waals surface area contributed by atoms with Gasteiger partial charge in [-0.3, -0.25) is 15.6 Å². The highest BCUT2D eigenvalue weighted by Crippen LogP contribution is 2.29. The largest absolute Gasteiger partial charge is 0.494 e. The fourth-order valence-corrected chi connectivity index (χ4v) is 4.48. The molecule has 0 aliphatic carbocycles.